The van der Waals surface area contributed by atoms with Gasteiger partial charge in [0.15, 0.2) is 5.16 Å². The quantitative estimate of drug-likeness (QED) is 0.269. The van der Waals surface area contributed by atoms with Gasteiger partial charge in [-0.25, -0.2) is 9.66 Å². The summed E-state index contributed by atoms with van der Waals surface area (Å²) in [5.41, 5.74) is 3.38. The molecule has 0 saturated heterocycles. The summed E-state index contributed by atoms with van der Waals surface area (Å²) in [4.78, 5) is 30.3. The predicted molar refractivity (Wildman–Crippen MR) is 125 cm³/mol. The number of nitrogen functional groups attached to an aromatic ring is 1. The van der Waals surface area contributed by atoms with Crippen molar-refractivity contribution in [2.75, 3.05) is 16.9 Å². The lowest BCUT2D eigenvalue weighted by molar-refractivity contribution is -0.113. The van der Waals surface area contributed by atoms with Crippen molar-refractivity contribution in [1.82, 2.24) is 9.66 Å². The molecule has 4 aromatic rings. The third-order valence-corrected chi connectivity index (χ3v) is 6.50. The highest BCUT2D eigenvalue weighted by molar-refractivity contribution is 7.99. The van der Waals surface area contributed by atoms with Gasteiger partial charge in [-0.15, -0.1) is 11.3 Å². The van der Waals surface area contributed by atoms with Gasteiger partial charge in [0.2, 0.25) is 5.91 Å². The first kappa shape index (κ1) is 20.2. The van der Waals surface area contributed by atoms with Gasteiger partial charge in [0.1, 0.15) is 4.83 Å². The van der Waals surface area contributed by atoms with E-state index in [-0.39, 0.29) is 17.2 Å². The number of nitrogens with two attached hydrogens (primary N) is 1. The zero-order valence-electron chi connectivity index (χ0n) is 16.3. The summed E-state index contributed by atoms with van der Waals surface area (Å²) in [6.07, 6.45) is 0.945. The Bertz CT molecular complexity index is 1250. The Kier molecular flexibility index (Phi) is 5.87. The molecule has 8 heteroatoms. The number of nitrogens with one attached hydrogen (secondary N) is 1. The van der Waals surface area contributed by atoms with Gasteiger partial charge in [-0.2, -0.15) is 0 Å². The molecule has 0 saturated carbocycles. The van der Waals surface area contributed by atoms with Gasteiger partial charge < -0.3 is 11.2 Å². The molecule has 152 valence electrons. The number of hydrogen-bond donors (Lipinski definition) is 2. The lowest BCUT2D eigenvalue weighted by Gasteiger charge is -2.08. The molecule has 0 unspecified atom stereocenters. The summed E-state index contributed by atoms with van der Waals surface area (Å²) >= 11 is 2.53. The van der Waals surface area contributed by atoms with Crippen LogP contribution < -0.4 is 16.7 Å². The number of carbonyl (C=O) groups is 1. The van der Waals surface area contributed by atoms with Gasteiger partial charge in [-0.05, 0) is 29.7 Å². The van der Waals surface area contributed by atoms with Gasteiger partial charge in [0.25, 0.3) is 5.56 Å². The first-order valence-electron chi connectivity index (χ1n) is 9.43. The topological polar surface area (TPSA) is 90.0 Å². The molecular formula is C22H20N4O2S2. The fourth-order valence-corrected chi connectivity index (χ4v) is 4.77. The van der Waals surface area contributed by atoms with E-state index >= 15 is 0 Å². The van der Waals surface area contributed by atoms with Crippen LogP contribution in [0.2, 0.25) is 0 Å². The largest absolute Gasteiger partial charge is 0.334 e. The maximum Gasteiger partial charge on any atom is 0.282 e. The van der Waals surface area contributed by atoms with Crippen molar-refractivity contribution in [3.8, 4) is 11.1 Å². The second kappa shape index (κ2) is 8.73. The molecule has 3 N–H and O–H groups in total. The van der Waals surface area contributed by atoms with Crippen LogP contribution >= 0.6 is 23.1 Å². The first-order valence-corrected chi connectivity index (χ1v) is 11.3. The third-order valence-electron chi connectivity index (χ3n) is 4.67. The minimum atomic E-state index is -0.321. The van der Waals surface area contributed by atoms with Crippen LogP contribution in [0.15, 0.2) is 69.9 Å². The summed E-state index contributed by atoms with van der Waals surface area (Å²) in [6.45, 7) is 2.08. The second-order valence-corrected chi connectivity index (χ2v) is 8.45. The fraction of sp³-hybridized carbons (Fsp3) is 0.136. The second-order valence-electron chi connectivity index (χ2n) is 6.65. The number of nitrogens with zero attached hydrogens (tertiary/aromatic N) is 2. The number of aryl methyl sites for hydroxylation is 1. The van der Waals surface area contributed by atoms with Crippen LogP contribution in [0.25, 0.3) is 21.3 Å². The number of amides is 1. The number of thioether (sulfide) groups is 1. The van der Waals surface area contributed by atoms with Crippen LogP contribution in [-0.4, -0.2) is 21.3 Å². The van der Waals surface area contributed by atoms with Gasteiger partial charge in [0.05, 0.1) is 11.1 Å². The van der Waals surface area contributed by atoms with E-state index < -0.39 is 0 Å². The van der Waals surface area contributed by atoms with Crippen molar-refractivity contribution in [3.63, 3.8) is 0 Å². The highest BCUT2D eigenvalue weighted by atomic mass is 32.2. The molecule has 6 nitrogen and oxygen atoms in total. The zero-order valence-corrected chi connectivity index (χ0v) is 17.9. The molecule has 1 amide bonds. The summed E-state index contributed by atoms with van der Waals surface area (Å²) in [7, 11) is 0. The molecule has 2 aromatic heterocycles. The van der Waals surface area contributed by atoms with Gasteiger partial charge in [-0.3, -0.25) is 9.59 Å². The molecule has 0 atom stereocenters. The maximum atomic E-state index is 12.9. The number of anilines is 1. The lowest BCUT2D eigenvalue weighted by atomic mass is 10.1. The Morgan fingerprint density at radius 1 is 1.17 bits per heavy atom. The minimum Gasteiger partial charge on any atom is -0.334 e. The Hall–Kier alpha value is -3.10. The highest BCUT2D eigenvalue weighted by Gasteiger charge is 2.17. The zero-order chi connectivity index (χ0) is 21.1. The number of carbonyl (C=O) groups excluding carboxylic acids is 1. The standard InChI is InChI=1S/C22H20N4O2S2/c1-2-14-8-10-16(11-9-14)24-18(27)13-30-22-25-20-19(21(28)26(22)23)17(12-29-20)15-6-4-3-5-7-15/h3-12H,2,13,23H2,1H3,(H,24,27). The monoisotopic (exact) mass is 436 g/mol. The SMILES string of the molecule is CCc1ccc(NC(=O)CSc2nc3scc(-c4ccccc4)c3c(=O)n2N)cc1. The molecule has 0 bridgehead atoms. The van der Waals surface area contributed by atoms with Gasteiger partial charge in [-0.1, -0.05) is 61.2 Å². The number of hydrogen-bond acceptors (Lipinski definition) is 6. The van der Waals surface area contributed by atoms with E-state index in [0.717, 1.165) is 39.7 Å². The molecule has 4 rings (SSSR count). The first-order chi connectivity index (χ1) is 14.6. The molecule has 0 aliphatic carbocycles. The number of fused-ring (bicyclic) bond motifs is 1. The molecule has 0 fully saturated rings. The van der Waals surface area contributed by atoms with Gasteiger partial charge in [0, 0.05) is 16.6 Å². The summed E-state index contributed by atoms with van der Waals surface area (Å²) in [6, 6.07) is 17.4. The molecule has 0 aliphatic heterocycles. The van der Waals surface area contributed by atoms with Crippen molar-refractivity contribution in [1.29, 1.82) is 0 Å². The lowest BCUT2D eigenvalue weighted by Crippen LogP contribution is -2.30. The van der Waals surface area contributed by atoms with E-state index in [2.05, 4.69) is 17.2 Å². The van der Waals surface area contributed by atoms with Crippen LogP contribution in [0.5, 0.6) is 0 Å². The molecule has 2 heterocycles. The summed E-state index contributed by atoms with van der Waals surface area (Å²) < 4.78 is 1.02. The number of thiophene rings is 1. The van der Waals surface area contributed by atoms with Crippen LogP contribution in [0.4, 0.5) is 5.69 Å². The third kappa shape index (κ3) is 4.10. The minimum absolute atomic E-state index is 0.0988. The van der Waals surface area contributed by atoms with Crippen molar-refractivity contribution < 1.29 is 4.79 Å². The van der Waals surface area contributed by atoms with E-state index in [0.29, 0.717) is 15.4 Å². The van der Waals surface area contributed by atoms with Crippen molar-refractivity contribution in [2.24, 2.45) is 0 Å². The average Bonchev–Trinajstić information content (AvgIpc) is 3.20. The van der Waals surface area contributed by atoms with Crippen LogP contribution in [0.3, 0.4) is 0 Å². The smallest absolute Gasteiger partial charge is 0.282 e. The fourth-order valence-electron chi connectivity index (χ4n) is 3.07. The Labute approximate surface area is 181 Å². The van der Waals surface area contributed by atoms with E-state index in [1.54, 1.807) is 0 Å². The molecular weight excluding hydrogens is 416 g/mol. The van der Waals surface area contributed by atoms with Crippen LogP contribution in [-0.2, 0) is 11.2 Å². The molecule has 2 aromatic carbocycles. The number of benzene rings is 2. The predicted octanol–water partition coefficient (Wildman–Crippen LogP) is 4.13. The molecule has 0 aliphatic rings. The number of rotatable bonds is 6. The van der Waals surface area contributed by atoms with E-state index in [1.807, 2.05) is 60.0 Å². The van der Waals surface area contributed by atoms with Crippen molar-refractivity contribution in [2.45, 2.75) is 18.5 Å². The van der Waals surface area contributed by atoms with E-state index in [9.17, 15) is 9.59 Å². The molecule has 0 radical (unpaired) electrons. The Morgan fingerprint density at radius 2 is 1.90 bits per heavy atom. The van der Waals surface area contributed by atoms with Crippen LogP contribution in [0, 0.1) is 0 Å². The number of aromatic nitrogens is 2. The molecule has 30 heavy (non-hydrogen) atoms. The summed E-state index contributed by atoms with van der Waals surface area (Å²) in [5.74, 6) is 5.93. The van der Waals surface area contributed by atoms with Gasteiger partial charge >= 0.3 is 0 Å². The highest BCUT2D eigenvalue weighted by Crippen LogP contribution is 2.31. The molecule has 0 spiro atoms. The van der Waals surface area contributed by atoms with E-state index in [1.165, 1.54) is 16.9 Å². The average molecular weight is 437 g/mol. The normalized spacial score (nSPS) is 11.0. The Balaban J connectivity index is 1.52. The Morgan fingerprint density at radius 3 is 2.60 bits per heavy atom. The summed E-state index contributed by atoms with van der Waals surface area (Å²) in [5, 5.41) is 5.57. The van der Waals surface area contributed by atoms with Crippen LogP contribution in [0.1, 0.15) is 12.5 Å². The van der Waals surface area contributed by atoms with Crippen molar-refractivity contribution >= 4 is 44.9 Å². The maximum absolute atomic E-state index is 12.9. The van der Waals surface area contributed by atoms with E-state index in [4.69, 9.17) is 5.84 Å². The van der Waals surface area contributed by atoms with Crippen molar-refractivity contribution in [3.05, 3.63) is 75.9 Å².